The average Bonchev–Trinajstić information content (AvgIpc) is 2.90. The molecule has 2 unspecified atom stereocenters. The number of piperidine rings is 1. The Morgan fingerprint density at radius 1 is 1.38 bits per heavy atom. The summed E-state index contributed by atoms with van der Waals surface area (Å²) in [5.41, 5.74) is 0.131. The van der Waals surface area contributed by atoms with Gasteiger partial charge in [-0.2, -0.15) is 0 Å². The molecule has 1 aliphatic heterocycles. The van der Waals surface area contributed by atoms with Crippen LogP contribution in [0.15, 0.2) is 0 Å². The van der Waals surface area contributed by atoms with E-state index in [2.05, 4.69) is 18.7 Å². The zero-order valence-electron chi connectivity index (χ0n) is 10.4. The highest BCUT2D eigenvalue weighted by atomic mass is 16.4. The van der Waals surface area contributed by atoms with E-state index in [1.165, 1.54) is 6.42 Å². The van der Waals surface area contributed by atoms with Gasteiger partial charge in [0.2, 0.25) is 0 Å². The SMILES string of the molecule is CC1CCN(CC2(CC(=O)O)CC2)CC1C. The van der Waals surface area contributed by atoms with Gasteiger partial charge < -0.3 is 10.0 Å². The van der Waals surface area contributed by atoms with Crippen LogP contribution < -0.4 is 0 Å². The Balaban J connectivity index is 1.84. The van der Waals surface area contributed by atoms with E-state index in [1.54, 1.807) is 0 Å². The van der Waals surface area contributed by atoms with Crippen LogP contribution in [0.3, 0.4) is 0 Å². The van der Waals surface area contributed by atoms with Crippen molar-refractivity contribution in [1.29, 1.82) is 0 Å². The Kier molecular flexibility index (Phi) is 3.24. The summed E-state index contributed by atoms with van der Waals surface area (Å²) in [6, 6.07) is 0. The lowest BCUT2D eigenvalue weighted by Gasteiger charge is -2.37. The van der Waals surface area contributed by atoms with E-state index in [-0.39, 0.29) is 5.41 Å². The third-order valence-electron chi connectivity index (χ3n) is 4.46. The number of nitrogens with zero attached hydrogens (tertiary/aromatic N) is 1. The number of hydrogen-bond acceptors (Lipinski definition) is 2. The van der Waals surface area contributed by atoms with Gasteiger partial charge in [-0.3, -0.25) is 4.79 Å². The second-order valence-electron chi connectivity index (χ2n) is 6.05. The van der Waals surface area contributed by atoms with Crippen molar-refractivity contribution in [2.75, 3.05) is 19.6 Å². The molecule has 0 spiro atoms. The van der Waals surface area contributed by atoms with E-state index >= 15 is 0 Å². The molecular formula is C13H23NO2. The first-order valence-electron chi connectivity index (χ1n) is 6.45. The number of carboxylic acid groups (broad SMARTS) is 1. The zero-order valence-corrected chi connectivity index (χ0v) is 10.4. The van der Waals surface area contributed by atoms with Gasteiger partial charge in [0.25, 0.3) is 0 Å². The molecule has 16 heavy (non-hydrogen) atoms. The van der Waals surface area contributed by atoms with Gasteiger partial charge in [-0.1, -0.05) is 13.8 Å². The Morgan fingerprint density at radius 3 is 2.56 bits per heavy atom. The number of carboxylic acids is 1. The maximum absolute atomic E-state index is 10.8. The van der Waals surface area contributed by atoms with Crippen molar-refractivity contribution < 1.29 is 9.90 Å². The van der Waals surface area contributed by atoms with Gasteiger partial charge in [0.05, 0.1) is 6.42 Å². The van der Waals surface area contributed by atoms with Crippen molar-refractivity contribution in [2.45, 2.75) is 39.5 Å². The molecule has 2 aliphatic rings. The molecule has 1 saturated heterocycles. The molecule has 2 rings (SSSR count). The maximum Gasteiger partial charge on any atom is 0.303 e. The van der Waals surface area contributed by atoms with Gasteiger partial charge in [-0.15, -0.1) is 0 Å². The van der Waals surface area contributed by atoms with Crippen LogP contribution in [0, 0.1) is 17.3 Å². The summed E-state index contributed by atoms with van der Waals surface area (Å²) >= 11 is 0. The van der Waals surface area contributed by atoms with Crippen molar-refractivity contribution in [1.82, 2.24) is 4.90 Å². The summed E-state index contributed by atoms with van der Waals surface area (Å²) < 4.78 is 0. The van der Waals surface area contributed by atoms with Crippen LogP contribution in [-0.2, 0) is 4.79 Å². The van der Waals surface area contributed by atoms with Crippen molar-refractivity contribution in [3.05, 3.63) is 0 Å². The fourth-order valence-corrected chi connectivity index (χ4v) is 2.86. The minimum absolute atomic E-state index is 0.131. The lowest BCUT2D eigenvalue weighted by Crippen LogP contribution is -2.41. The largest absolute Gasteiger partial charge is 0.481 e. The third-order valence-corrected chi connectivity index (χ3v) is 4.46. The van der Waals surface area contributed by atoms with Crippen LogP contribution in [0.2, 0.25) is 0 Å². The lowest BCUT2D eigenvalue weighted by molar-refractivity contribution is -0.138. The Morgan fingerprint density at radius 2 is 2.06 bits per heavy atom. The molecule has 0 aromatic rings. The van der Waals surface area contributed by atoms with Crippen molar-refractivity contribution in [2.24, 2.45) is 17.3 Å². The summed E-state index contributed by atoms with van der Waals surface area (Å²) in [6.45, 7) is 7.96. The number of rotatable bonds is 4. The minimum Gasteiger partial charge on any atom is -0.481 e. The molecule has 1 saturated carbocycles. The minimum atomic E-state index is -0.629. The standard InChI is InChI=1S/C13H23NO2/c1-10-3-6-14(8-11(10)2)9-13(4-5-13)7-12(15)16/h10-11H,3-9H2,1-2H3,(H,15,16). The molecule has 1 aliphatic carbocycles. The second kappa shape index (κ2) is 4.36. The smallest absolute Gasteiger partial charge is 0.303 e. The highest BCUT2D eigenvalue weighted by Gasteiger charge is 2.46. The fraction of sp³-hybridized carbons (Fsp3) is 0.923. The highest BCUT2D eigenvalue weighted by Crippen LogP contribution is 2.49. The topological polar surface area (TPSA) is 40.5 Å². The Hall–Kier alpha value is -0.570. The average molecular weight is 225 g/mol. The van der Waals surface area contributed by atoms with Gasteiger partial charge in [0.1, 0.15) is 0 Å². The first-order chi connectivity index (χ1) is 7.51. The highest BCUT2D eigenvalue weighted by molar-refractivity contribution is 5.68. The molecule has 0 amide bonds. The van der Waals surface area contributed by atoms with Gasteiger partial charge in [0.15, 0.2) is 0 Å². The summed E-state index contributed by atoms with van der Waals surface area (Å²) in [6.07, 6.45) is 3.86. The third kappa shape index (κ3) is 2.76. The van der Waals surface area contributed by atoms with Gasteiger partial charge in [-0.05, 0) is 43.1 Å². The summed E-state index contributed by atoms with van der Waals surface area (Å²) in [4.78, 5) is 13.3. The van der Waals surface area contributed by atoms with Crippen molar-refractivity contribution >= 4 is 5.97 Å². The van der Waals surface area contributed by atoms with Crippen LogP contribution in [-0.4, -0.2) is 35.6 Å². The first kappa shape index (κ1) is 11.9. The molecule has 1 heterocycles. The van der Waals surface area contributed by atoms with Gasteiger partial charge in [-0.25, -0.2) is 0 Å². The summed E-state index contributed by atoms with van der Waals surface area (Å²) in [7, 11) is 0. The van der Waals surface area contributed by atoms with E-state index in [1.807, 2.05) is 0 Å². The fourth-order valence-electron chi connectivity index (χ4n) is 2.86. The van der Waals surface area contributed by atoms with Crippen LogP contribution in [0.1, 0.15) is 39.5 Å². The molecule has 2 atom stereocenters. The molecule has 92 valence electrons. The van der Waals surface area contributed by atoms with Crippen LogP contribution in [0.5, 0.6) is 0 Å². The van der Waals surface area contributed by atoms with Crippen LogP contribution in [0.25, 0.3) is 0 Å². The summed E-state index contributed by atoms with van der Waals surface area (Å²) in [5, 5.41) is 8.89. The van der Waals surface area contributed by atoms with E-state index in [0.717, 1.165) is 44.3 Å². The molecule has 2 fully saturated rings. The number of aliphatic carboxylic acids is 1. The second-order valence-corrected chi connectivity index (χ2v) is 6.05. The number of carbonyl (C=O) groups is 1. The molecule has 1 N–H and O–H groups in total. The lowest BCUT2D eigenvalue weighted by atomic mass is 9.87. The van der Waals surface area contributed by atoms with E-state index < -0.39 is 5.97 Å². The maximum atomic E-state index is 10.8. The van der Waals surface area contributed by atoms with Crippen LogP contribution >= 0.6 is 0 Å². The molecule has 3 nitrogen and oxygen atoms in total. The molecule has 0 aromatic carbocycles. The quantitative estimate of drug-likeness (QED) is 0.797. The monoisotopic (exact) mass is 225 g/mol. The summed E-state index contributed by atoms with van der Waals surface area (Å²) in [5.74, 6) is 0.955. The van der Waals surface area contributed by atoms with Crippen molar-refractivity contribution in [3.8, 4) is 0 Å². The van der Waals surface area contributed by atoms with Crippen LogP contribution in [0.4, 0.5) is 0 Å². The molecule has 3 heteroatoms. The van der Waals surface area contributed by atoms with E-state index in [9.17, 15) is 4.79 Å². The predicted octanol–water partition coefficient (Wildman–Crippen LogP) is 2.22. The zero-order chi connectivity index (χ0) is 11.8. The van der Waals surface area contributed by atoms with E-state index in [4.69, 9.17) is 5.11 Å². The predicted molar refractivity (Wildman–Crippen MR) is 63.3 cm³/mol. The molecule has 0 radical (unpaired) electrons. The molecule has 0 bridgehead atoms. The number of hydrogen-bond donors (Lipinski definition) is 1. The normalized spacial score (nSPS) is 33.6. The Bertz CT molecular complexity index is 273. The van der Waals surface area contributed by atoms with Gasteiger partial charge in [0, 0.05) is 13.1 Å². The van der Waals surface area contributed by atoms with Crippen molar-refractivity contribution in [3.63, 3.8) is 0 Å². The Labute approximate surface area is 97.8 Å². The van der Waals surface area contributed by atoms with E-state index in [0.29, 0.717) is 6.42 Å². The molecular weight excluding hydrogens is 202 g/mol. The number of likely N-dealkylation sites (tertiary alicyclic amines) is 1. The first-order valence-corrected chi connectivity index (χ1v) is 6.45. The molecule has 0 aromatic heterocycles. The van der Waals surface area contributed by atoms with Gasteiger partial charge >= 0.3 is 5.97 Å².